The Bertz CT molecular complexity index is 1220. The highest BCUT2D eigenvalue weighted by Crippen LogP contribution is 2.35. The average Bonchev–Trinajstić information content (AvgIpc) is 3.79. The van der Waals surface area contributed by atoms with Crippen molar-refractivity contribution in [3.8, 4) is 5.75 Å². The molecule has 0 aromatic heterocycles. The summed E-state index contributed by atoms with van der Waals surface area (Å²) in [5.74, 6) is 0.0115. The number of likely N-dealkylation sites (N-methyl/N-ethyl adjacent to an activating group) is 1. The van der Waals surface area contributed by atoms with Gasteiger partial charge >= 0.3 is 0 Å². The van der Waals surface area contributed by atoms with Gasteiger partial charge in [0.1, 0.15) is 17.9 Å². The summed E-state index contributed by atoms with van der Waals surface area (Å²) in [5, 5.41) is 19.6. The van der Waals surface area contributed by atoms with Crippen molar-refractivity contribution in [2.24, 2.45) is 5.92 Å². The molecule has 1 aliphatic carbocycles. The van der Waals surface area contributed by atoms with Crippen LogP contribution in [0.5, 0.6) is 5.75 Å². The van der Waals surface area contributed by atoms with E-state index in [-0.39, 0.29) is 30.4 Å². The summed E-state index contributed by atoms with van der Waals surface area (Å²) in [6.07, 6.45) is 5.10. The molecule has 42 heavy (non-hydrogen) atoms. The van der Waals surface area contributed by atoms with Crippen molar-refractivity contribution in [3.05, 3.63) is 65.2 Å². The second kappa shape index (κ2) is 14.2. The molecule has 3 amide bonds. The van der Waals surface area contributed by atoms with Gasteiger partial charge in [-0.25, -0.2) is 0 Å². The highest BCUT2D eigenvalue weighted by atomic mass is 16.5. The lowest BCUT2D eigenvalue weighted by atomic mass is 9.95. The van der Waals surface area contributed by atoms with Crippen LogP contribution in [0.3, 0.4) is 0 Å². The molecule has 0 saturated heterocycles. The van der Waals surface area contributed by atoms with Crippen LogP contribution in [0.25, 0.3) is 0 Å². The van der Waals surface area contributed by atoms with E-state index in [4.69, 9.17) is 4.74 Å². The van der Waals surface area contributed by atoms with Crippen LogP contribution in [0, 0.1) is 12.8 Å². The first-order chi connectivity index (χ1) is 20.0. The Hall–Kier alpha value is -3.43. The van der Waals surface area contributed by atoms with Gasteiger partial charge in [-0.1, -0.05) is 54.1 Å². The number of amides is 3. The Morgan fingerprint density at radius 2 is 1.62 bits per heavy atom. The second-order valence-corrected chi connectivity index (χ2v) is 12.2. The monoisotopic (exact) mass is 578 g/mol. The zero-order valence-electron chi connectivity index (χ0n) is 25.3. The molecule has 228 valence electrons. The first-order valence-electron chi connectivity index (χ1n) is 15.1. The Labute approximate surface area is 249 Å². The number of aryl methyl sites for hydroxylation is 3. The lowest BCUT2D eigenvalue weighted by molar-refractivity contribution is -0.149. The molecular formula is C33H46N4O5. The minimum Gasteiger partial charge on any atom is -0.489 e. The quantitative estimate of drug-likeness (QED) is 0.435. The van der Waals surface area contributed by atoms with E-state index in [0.717, 1.165) is 49.8 Å². The van der Waals surface area contributed by atoms with Crippen LogP contribution >= 0.6 is 0 Å². The van der Waals surface area contributed by atoms with Crippen LogP contribution < -0.4 is 20.7 Å². The molecule has 2 bridgehead atoms. The summed E-state index contributed by atoms with van der Waals surface area (Å²) in [4.78, 5) is 40.2. The Morgan fingerprint density at radius 3 is 2.24 bits per heavy atom. The van der Waals surface area contributed by atoms with E-state index in [9.17, 15) is 19.5 Å². The fourth-order valence-corrected chi connectivity index (χ4v) is 5.70. The van der Waals surface area contributed by atoms with Gasteiger partial charge in [-0.15, -0.1) is 0 Å². The molecule has 3 unspecified atom stereocenters. The summed E-state index contributed by atoms with van der Waals surface area (Å²) in [6, 6.07) is 14.9. The summed E-state index contributed by atoms with van der Waals surface area (Å²) >= 11 is 0. The standard InChI is InChI=1S/C26H38N4O5.C7H8/c1-26(2,34)23-24(32)29-15-20(31)27-13-5-8-17-6-4-7-18-11-12-19(35-22(17)18)14-28-21(16-9-10-16)25(33)30(23)3;1-7-5-3-2-4-6-7/h4,6-7,16,19,21,23,28,34H,5,8-15H2,1-3H3,(H,27,31)(H,29,32);2-6H,1H3. The van der Waals surface area contributed by atoms with Crippen molar-refractivity contribution in [1.29, 1.82) is 0 Å². The fraction of sp³-hybridized carbons (Fsp3) is 0.545. The van der Waals surface area contributed by atoms with E-state index in [1.807, 2.05) is 24.3 Å². The van der Waals surface area contributed by atoms with Crippen molar-refractivity contribution >= 4 is 17.7 Å². The molecule has 2 heterocycles. The normalized spacial score (nSPS) is 24.2. The lowest BCUT2D eigenvalue weighted by Gasteiger charge is -2.38. The summed E-state index contributed by atoms with van der Waals surface area (Å²) < 4.78 is 6.40. The van der Waals surface area contributed by atoms with Crippen LogP contribution in [0.4, 0.5) is 0 Å². The number of hydrogen-bond acceptors (Lipinski definition) is 6. The zero-order valence-corrected chi connectivity index (χ0v) is 25.3. The molecule has 5 rings (SSSR count). The number of rotatable bonds is 2. The average molecular weight is 579 g/mol. The minimum atomic E-state index is -1.49. The lowest BCUT2D eigenvalue weighted by Crippen LogP contribution is -2.62. The SMILES string of the molecule is CN1C(=O)C(C2CC2)NCC2CCc3cccc(c3O2)CCCNC(=O)CNC(=O)C1C(C)(C)O.Cc1ccccc1. The third-order valence-corrected chi connectivity index (χ3v) is 8.08. The zero-order chi connectivity index (χ0) is 30.3. The first kappa shape index (κ1) is 31.5. The molecule has 9 heteroatoms. The Morgan fingerprint density at radius 1 is 0.929 bits per heavy atom. The molecule has 3 atom stereocenters. The van der Waals surface area contributed by atoms with E-state index in [0.29, 0.717) is 13.1 Å². The van der Waals surface area contributed by atoms with Crippen LogP contribution in [0.2, 0.25) is 0 Å². The van der Waals surface area contributed by atoms with Crippen LogP contribution in [0.1, 0.15) is 56.2 Å². The maximum atomic E-state index is 13.5. The van der Waals surface area contributed by atoms with Crippen LogP contribution in [-0.4, -0.2) is 78.2 Å². The highest BCUT2D eigenvalue weighted by Gasteiger charge is 2.44. The summed E-state index contributed by atoms with van der Waals surface area (Å²) in [7, 11) is 1.54. The third kappa shape index (κ3) is 8.55. The van der Waals surface area contributed by atoms with Crippen molar-refractivity contribution in [1.82, 2.24) is 20.9 Å². The number of carbonyl (C=O) groups is 3. The molecule has 3 aliphatic rings. The Balaban J connectivity index is 0.000000507. The van der Waals surface area contributed by atoms with Gasteiger partial charge in [-0.3, -0.25) is 14.4 Å². The van der Waals surface area contributed by atoms with Gasteiger partial charge in [0.2, 0.25) is 17.7 Å². The summed E-state index contributed by atoms with van der Waals surface area (Å²) in [5.41, 5.74) is 2.15. The molecule has 0 spiro atoms. The van der Waals surface area contributed by atoms with E-state index in [2.05, 4.69) is 47.1 Å². The number of benzene rings is 2. The highest BCUT2D eigenvalue weighted by molar-refractivity contribution is 5.92. The van der Waals surface area contributed by atoms with Gasteiger partial charge in [0.25, 0.3) is 0 Å². The van der Waals surface area contributed by atoms with Gasteiger partial charge in [0.05, 0.1) is 18.2 Å². The maximum absolute atomic E-state index is 13.5. The van der Waals surface area contributed by atoms with E-state index in [1.54, 1.807) is 7.05 Å². The number of fused-ring (bicyclic) bond motifs is 1. The molecule has 4 N–H and O–H groups in total. The molecule has 2 aromatic rings. The van der Waals surface area contributed by atoms with Gasteiger partial charge in [0, 0.05) is 20.1 Å². The molecule has 2 aliphatic heterocycles. The fourth-order valence-electron chi connectivity index (χ4n) is 5.70. The first-order valence-corrected chi connectivity index (χ1v) is 15.1. The van der Waals surface area contributed by atoms with Crippen molar-refractivity contribution in [2.45, 2.75) is 83.1 Å². The van der Waals surface area contributed by atoms with Gasteiger partial charge in [-0.05, 0) is 76.3 Å². The predicted octanol–water partition coefficient (Wildman–Crippen LogP) is 2.52. The topological polar surface area (TPSA) is 120 Å². The van der Waals surface area contributed by atoms with Crippen molar-refractivity contribution in [2.75, 3.05) is 26.7 Å². The van der Waals surface area contributed by atoms with E-state index >= 15 is 0 Å². The van der Waals surface area contributed by atoms with Crippen LogP contribution in [0.15, 0.2) is 48.5 Å². The van der Waals surface area contributed by atoms with Crippen molar-refractivity contribution < 1.29 is 24.2 Å². The number of aliphatic hydroxyl groups is 1. The van der Waals surface area contributed by atoms with Gasteiger partial charge < -0.3 is 30.7 Å². The number of para-hydroxylation sites is 1. The number of nitrogens with zero attached hydrogens (tertiary/aromatic N) is 1. The van der Waals surface area contributed by atoms with Crippen LogP contribution in [-0.2, 0) is 27.2 Å². The number of hydrogen-bond donors (Lipinski definition) is 4. The molecule has 1 fully saturated rings. The number of nitrogens with one attached hydrogen (secondary N) is 3. The van der Waals surface area contributed by atoms with E-state index in [1.165, 1.54) is 29.9 Å². The smallest absolute Gasteiger partial charge is 0.246 e. The minimum absolute atomic E-state index is 0.0602. The summed E-state index contributed by atoms with van der Waals surface area (Å²) in [6.45, 7) is 5.86. The molecule has 9 nitrogen and oxygen atoms in total. The third-order valence-electron chi connectivity index (χ3n) is 8.08. The molecular weight excluding hydrogens is 532 g/mol. The number of ether oxygens (including phenoxy) is 1. The number of carbonyl (C=O) groups excluding carboxylic acids is 3. The maximum Gasteiger partial charge on any atom is 0.246 e. The largest absolute Gasteiger partial charge is 0.489 e. The van der Waals surface area contributed by atoms with E-state index < -0.39 is 23.6 Å². The molecule has 1 saturated carbocycles. The van der Waals surface area contributed by atoms with Gasteiger partial charge in [-0.2, -0.15) is 0 Å². The predicted molar refractivity (Wildman–Crippen MR) is 162 cm³/mol. The molecule has 2 aromatic carbocycles. The Kier molecular flexibility index (Phi) is 10.6. The molecule has 0 radical (unpaired) electrons. The second-order valence-electron chi connectivity index (χ2n) is 12.2. The van der Waals surface area contributed by atoms with Crippen molar-refractivity contribution in [3.63, 3.8) is 0 Å². The van der Waals surface area contributed by atoms with Gasteiger partial charge in [0.15, 0.2) is 0 Å².